The van der Waals surface area contributed by atoms with Gasteiger partial charge in [-0.05, 0) is 30.3 Å². The number of carbonyl (C=O) groups is 2. The molecule has 1 aliphatic rings. The second kappa shape index (κ2) is 10.2. The lowest BCUT2D eigenvalue weighted by Crippen LogP contribution is -2.48. The predicted octanol–water partition coefficient (Wildman–Crippen LogP) is 2.46. The van der Waals surface area contributed by atoms with Crippen molar-refractivity contribution in [1.82, 2.24) is 9.80 Å². The zero-order valence-electron chi connectivity index (χ0n) is 18.3. The molecule has 8 heteroatoms. The summed E-state index contributed by atoms with van der Waals surface area (Å²) >= 11 is 0. The van der Waals surface area contributed by atoms with E-state index in [2.05, 4.69) is 4.90 Å². The molecule has 0 bridgehead atoms. The lowest BCUT2D eigenvalue weighted by atomic mass is 10.1. The average Bonchev–Trinajstić information content (AvgIpc) is 2.83. The van der Waals surface area contributed by atoms with Gasteiger partial charge < -0.3 is 23.8 Å². The van der Waals surface area contributed by atoms with Crippen LogP contribution >= 0.6 is 0 Å². The minimum absolute atomic E-state index is 0.0419. The van der Waals surface area contributed by atoms with Crippen LogP contribution in [-0.4, -0.2) is 76.3 Å². The summed E-state index contributed by atoms with van der Waals surface area (Å²) in [6.07, 6.45) is 0. The molecule has 0 spiro atoms. The van der Waals surface area contributed by atoms with Crippen LogP contribution in [0.5, 0.6) is 17.2 Å². The number of piperazine rings is 1. The molecular formula is C23H28N2O6. The van der Waals surface area contributed by atoms with Crippen molar-refractivity contribution in [3.8, 4) is 17.2 Å². The molecule has 166 valence electrons. The number of nitrogens with zero attached hydrogens (tertiary/aromatic N) is 2. The topological polar surface area (TPSA) is 77.5 Å². The van der Waals surface area contributed by atoms with Crippen LogP contribution in [0, 0.1) is 0 Å². The average molecular weight is 428 g/mol. The first-order valence-electron chi connectivity index (χ1n) is 10.00. The summed E-state index contributed by atoms with van der Waals surface area (Å²) in [5.41, 5.74) is 1.98. The Hall–Kier alpha value is -3.26. The maximum atomic E-state index is 12.8. The zero-order valence-corrected chi connectivity index (χ0v) is 18.3. The Labute approximate surface area is 182 Å². The molecule has 0 saturated carbocycles. The molecule has 1 amide bonds. The molecule has 2 aromatic rings. The van der Waals surface area contributed by atoms with Crippen LogP contribution in [0.4, 0.5) is 0 Å². The van der Waals surface area contributed by atoms with Crippen molar-refractivity contribution in [3.63, 3.8) is 0 Å². The first kappa shape index (κ1) is 22.4. The fourth-order valence-electron chi connectivity index (χ4n) is 3.69. The SMILES string of the molecule is COC(=O)c1ccc(C(=O)N2CCN(Cc3ccc(OC)c(OC)c3OC)CC2)cc1. The van der Waals surface area contributed by atoms with Gasteiger partial charge in [0.05, 0.1) is 34.0 Å². The largest absolute Gasteiger partial charge is 0.493 e. The van der Waals surface area contributed by atoms with Gasteiger partial charge in [-0.2, -0.15) is 0 Å². The van der Waals surface area contributed by atoms with Crippen molar-refractivity contribution in [1.29, 1.82) is 0 Å². The van der Waals surface area contributed by atoms with Gasteiger partial charge in [-0.15, -0.1) is 0 Å². The summed E-state index contributed by atoms with van der Waals surface area (Å²) in [5, 5.41) is 0. The van der Waals surface area contributed by atoms with Crippen molar-refractivity contribution in [2.75, 3.05) is 54.6 Å². The molecule has 0 N–H and O–H groups in total. The van der Waals surface area contributed by atoms with E-state index in [4.69, 9.17) is 18.9 Å². The first-order valence-corrected chi connectivity index (χ1v) is 10.00. The van der Waals surface area contributed by atoms with E-state index in [1.165, 1.54) is 7.11 Å². The summed E-state index contributed by atoms with van der Waals surface area (Å²) in [7, 11) is 6.13. The quantitative estimate of drug-likeness (QED) is 0.627. The van der Waals surface area contributed by atoms with Gasteiger partial charge in [-0.1, -0.05) is 6.07 Å². The Kier molecular flexibility index (Phi) is 7.36. The molecule has 1 fully saturated rings. The molecule has 1 aliphatic heterocycles. The van der Waals surface area contributed by atoms with Gasteiger partial charge in [-0.25, -0.2) is 4.79 Å². The van der Waals surface area contributed by atoms with Crippen molar-refractivity contribution in [2.45, 2.75) is 6.54 Å². The number of carbonyl (C=O) groups excluding carboxylic acids is 2. The minimum atomic E-state index is -0.418. The van der Waals surface area contributed by atoms with Gasteiger partial charge in [-0.3, -0.25) is 9.69 Å². The predicted molar refractivity (Wildman–Crippen MR) is 115 cm³/mol. The van der Waals surface area contributed by atoms with Crippen molar-refractivity contribution in [2.24, 2.45) is 0 Å². The van der Waals surface area contributed by atoms with E-state index in [0.717, 1.165) is 18.7 Å². The fourth-order valence-corrected chi connectivity index (χ4v) is 3.69. The minimum Gasteiger partial charge on any atom is -0.493 e. The maximum absolute atomic E-state index is 12.8. The number of hydrogen-bond donors (Lipinski definition) is 0. The lowest BCUT2D eigenvalue weighted by molar-refractivity contribution is 0.0596. The van der Waals surface area contributed by atoms with E-state index in [1.54, 1.807) is 45.6 Å². The van der Waals surface area contributed by atoms with Crippen LogP contribution in [0.25, 0.3) is 0 Å². The monoisotopic (exact) mass is 428 g/mol. The number of hydrogen-bond acceptors (Lipinski definition) is 7. The summed E-state index contributed by atoms with van der Waals surface area (Å²) < 4.78 is 21.1. The lowest BCUT2D eigenvalue weighted by Gasteiger charge is -2.35. The smallest absolute Gasteiger partial charge is 0.337 e. The number of rotatable bonds is 7. The van der Waals surface area contributed by atoms with Gasteiger partial charge in [0, 0.05) is 43.9 Å². The van der Waals surface area contributed by atoms with Gasteiger partial charge in [0.2, 0.25) is 5.75 Å². The maximum Gasteiger partial charge on any atom is 0.337 e. The van der Waals surface area contributed by atoms with E-state index in [0.29, 0.717) is 48.0 Å². The first-order chi connectivity index (χ1) is 15.0. The normalized spacial score (nSPS) is 14.1. The summed E-state index contributed by atoms with van der Waals surface area (Å²) in [4.78, 5) is 28.5. The molecule has 2 aromatic carbocycles. The molecule has 31 heavy (non-hydrogen) atoms. The van der Waals surface area contributed by atoms with Gasteiger partial charge in [0.25, 0.3) is 5.91 Å². The Bertz CT molecular complexity index is 920. The standard InChI is InChI=1S/C23H28N2O6/c1-28-19-10-9-18(20(29-2)21(19)30-3)15-24-11-13-25(14-12-24)22(26)16-5-7-17(8-6-16)23(27)31-4/h5-10H,11-15H2,1-4H3. The van der Waals surface area contributed by atoms with Gasteiger partial charge in [0.15, 0.2) is 11.5 Å². The van der Waals surface area contributed by atoms with Crippen molar-refractivity contribution >= 4 is 11.9 Å². The summed E-state index contributed by atoms with van der Waals surface area (Å²) in [5.74, 6) is 1.40. The Morgan fingerprint density at radius 2 is 1.39 bits per heavy atom. The molecule has 1 heterocycles. The Balaban J connectivity index is 1.62. The highest BCUT2D eigenvalue weighted by molar-refractivity contribution is 5.96. The summed E-state index contributed by atoms with van der Waals surface area (Å²) in [6, 6.07) is 10.4. The van der Waals surface area contributed by atoms with Crippen LogP contribution in [0.15, 0.2) is 36.4 Å². The molecule has 0 atom stereocenters. The molecule has 8 nitrogen and oxygen atoms in total. The molecular weight excluding hydrogens is 400 g/mol. The summed E-state index contributed by atoms with van der Waals surface area (Å²) in [6.45, 7) is 3.40. The second-order valence-corrected chi connectivity index (χ2v) is 7.13. The molecule has 1 saturated heterocycles. The third-order valence-corrected chi connectivity index (χ3v) is 5.39. The van der Waals surface area contributed by atoms with Gasteiger partial charge >= 0.3 is 5.97 Å². The molecule has 0 aliphatic carbocycles. The molecule has 0 radical (unpaired) electrons. The van der Waals surface area contributed by atoms with E-state index < -0.39 is 5.97 Å². The Morgan fingerprint density at radius 1 is 0.774 bits per heavy atom. The highest BCUT2D eigenvalue weighted by Gasteiger charge is 2.24. The van der Waals surface area contributed by atoms with Gasteiger partial charge in [0.1, 0.15) is 0 Å². The third-order valence-electron chi connectivity index (χ3n) is 5.39. The van der Waals surface area contributed by atoms with Crippen LogP contribution in [0.1, 0.15) is 26.3 Å². The molecule has 3 rings (SSSR count). The number of esters is 1. The number of methoxy groups -OCH3 is 4. The van der Waals surface area contributed by atoms with Crippen LogP contribution < -0.4 is 14.2 Å². The second-order valence-electron chi connectivity index (χ2n) is 7.13. The highest BCUT2D eigenvalue weighted by atomic mass is 16.5. The molecule has 0 aromatic heterocycles. The van der Waals surface area contributed by atoms with E-state index in [9.17, 15) is 9.59 Å². The van der Waals surface area contributed by atoms with E-state index >= 15 is 0 Å². The van der Waals surface area contributed by atoms with Crippen LogP contribution in [0.2, 0.25) is 0 Å². The van der Waals surface area contributed by atoms with E-state index in [1.807, 2.05) is 17.0 Å². The number of amides is 1. The van der Waals surface area contributed by atoms with Crippen molar-refractivity contribution in [3.05, 3.63) is 53.1 Å². The highest BCUT2D eigenvalue weighted by Crippen LogP contribution is 2.40. The third kappa shape index (κ3) is 4.91. The molecule has 0 unspecified atom stereocenters. The number of benzene rings is 2. The Morgan fingerprint density at radius 3 is 1.94 bits per heavy atom. The van der Waals surface area contributed by atoms with E-state index in [-0.39, 0.29) is 5.91 Å². The van der Waals surface area contributed by atoms with Crippen molar-refractivity contribution < 1.29 is 28.5 Å². The number of ether oxygens (including phenoxy) is 4. The fraction of sp³-hybridized carbons (Fsp3) is 0.391. The van der Waals surface area contributed by atoms with Crippen LogP contribution in [0.3, 0.4) is 0 Å². The van der Waals surface area contributed by atoms with Crippen LogP contribution in [-0.2, 0) is 11.3 Å². The zero-order chi connectivity index (χ0) is 22.4.